The van der Waals surface area contributed by atoms with Gasteiger partial charge in [-0.15, -0.1) is 0 Å². The second kappa shape index (κ2) is 8.26. The molecule has 1 saturated heterocycles. The summed E-state index contributed by atoms with van der Waals surface area (Å²) in [5.74, 6) is 1.07. The van der Waals surface area contributed by atoms with Gasteiger partial charge in [0.1, 0.15) is 11.9 Å². The first kappa shape index (κ1) is 18.2. The Bertz CT molecular complexity index is 786. The lowest BCUT2D eigenvalue weighted by molar-refractivity contribution is 0.0968. The Balaban J connectivity index is 1.57. The van der Waals surface area contributed by atoms with E-state index in [0.717, 1.165) is 30.6 Å². The van der Waals surface area contributed by atoms with Crippen molar-refractivity contribution < 1.29 is 9.53 Å². The van der Waals surface area contributed by atoms with E-state index in [2.05, 4.69) is 42.3 Å². The van der Waals surface area contributed by atoms with E-state index in [1.165, 1.54) is 36.9 Å². The molecule has 2 aliphatic rings. The molecule has 27 heavy (non-hydrogen) atoms. The molecule has 0 radical (unpaired) electrons. The average molecular weight is 364 g/mol. The topological polar surface area (TPSA) is 29.5 Å². The number of piperidine rings is 1. The minimum Gasteiger partial charge on any atom is -0.486 e. The number of nitrogens with zero attached hydrogens (tertiary/aromatic N) is 1. The van der Waals surface area contributed by atoms with Crippen LogP contribution in [0, 0.1) is 0 Å². The molecule has 1 aliphatic heterocycles. The number of Topliss-reactive ketones (excluding diaryl/α,β-unsaturated/α-hetero) is 1. The van der Waals surface area contributed by atoms with Crippen LogP contribution in [0.3, 0.4) is 0 Å². The highest BCUT2D eigenvalue weighted by molar-refractivity contribution is 5.98. The van der Waals surface area contributed by atoms with Crippen LogP contribution in [0.15, 0.2) is 48.5 Å². The maximum Gasteiger partial charge on any atom is 0.163 e. The van der Waals surface area contributed by atoms with Crippen LogP contribution in [0.2, 0.25) is 0 Å². The van der Waals surface area contributed by atoms with Crippen molar-refractivity contribution in [2.24, 2.45) is 0 Å². The first-order chi connectivity index (χ1) is 13.2. The van der Waals surface area contributed by atoms with E-state index in [1.54, 1.807) is 0 Å². The van der Waals surface area contributed by atoms with E-state index >= 15 is 0 Å². The predicted octanol–water partition coefficient (Wildman–Crippen LogP) is 5.20. The van der Waals surface area contributed by atoms with Gasteiger partial charge in [-0.25, -0.2) is 0 Å². The molecule has 0 aromatic heterocycles. The molecule has 1 aliphatic carbocycles. The van der Waals surface area contributed by atoms with E-state index in [1.807, 2.05) is 18.2 Å². The number of carbonyl (C=O) groups is 1. The van der Waals surface area contributed by atoms with Crippen LogP contribution >= 0.6 is 0 Å². The second-order valence-electron chi connectivity index (χ2n) is 7.98. The van der Waals surface area contributed by atoms with E-state index < -0.39 is 0 Å². The van der Waals surface area contributed by atoms with Gasteiger partial charge < -0.3 is 9.64 Å². The molecule has 4 rings (SSSR count). The number of rotatable bonds is 5. The third kappa shape index (κ3) is 4.24. The average Bonchev–Trinajstić information content (AvgIpc) is 2.70. The van der Waals surface area contributed by atoms with Gasteiger partial charge in [-0.3, -0.25) is 4.79 Å². The first-order valence-corrected chi connectivity index (χ1v) is 10.3. The summed E-state index contributed by atoms with van der Waals surface area (Å²) in [4.78, 5) is 14.8. The maximum absolute atomic E-state index is 12.3. The lowest BCUT2D eigenvalue weighted by atomic mass is 9.90. The standard InChI is InChI=1S/C24H29NO2/c1-25-15-6-5-11-20(25)16-24(19-8-3-2-4-9-19)27-21-14-13-18-10-7-12-23(26)22(18)17-21/h2-4,8-9,13-14,17,20,24H,5-7,10-12,15-16H2,1H3. The molecule has 2 aromatic carbocycles. The van der Waals surface area contributed by atoms with Gasteiger partial charge in [0.15, 0.2) is 5.78 Å². The van der Waals surface area contributed by atoms with E-state index in [-0.39, 0.29) is 11.9 Å². The summed E-state index contributed by atoms with van der Waals surface area (Å²) >= 11 is 0. The number of hydrogen-bond donors (Lipinski definition) is 0. The van der Waals surface area contributed by atoms with Gasteiger partial charge in [0.05, 0.1) is 0 Å². The Morgan fingerprint density at radius 3 is 2.74 bits per heavy atom. The summed E-state index contributed by atoms with van der Waals surface area (Å²) in [5.41, 5.74) is 3.24. The fraction of sp³-hybridized carbons (Fsp3) is 0.458. The van der Waals surface area contributed by atoms with Crippen LogP contribution in [0.4, 0.5) is 0 Å². The van der Waals surface area contributed by atoms with E-state index in [0.29, 0.717) is 12.5 Å². The molecule has 2 aromatic rings. The zero-order valence-electron chi connectivity index (χ0n) is 16.2. The zero-order chi connectivity index (χ0) is 18.6. The Kier molecular flexibility index (Phi) is 5.58. The highest BCUT2D eigenvalue weighted by atomic mass is 16.5. The number of benzene rings is 2. The van der Waals surface area contributed by atoms with Crippen molar-refractivity contribution in [1.29, 1.82) is 0 Å². The van der Waals surface area contributed by atoms with Crippen LogP contribution < -0.4 is 4.74 Å². The zero-order valence-corrected chi connectivity index (χ0v) is 16.2. The number of aryl methyl sites for hydroxylation is 1. The van der Waals surface area contributed by atoms with Crippen molar-refractivity contribution in [2.45, 2.75) is 57.1 Å². The number of likely N-dealkylation sites (tertiary alicyclic amines) is 1. The van der Waals surface area contributed by atoms with Crippen LogP contribution in [0.1, 0.15) is 66.1 Å². The summed E-state index contributed by atoms with van der Waals surface area (Å²) in [6, 6.07) is 17.1. The molecule has 1 fully saturated rings. The normalized spacial score (nSPS) is 21.5. The summed E-state index contributed by atoms with van der Waals surface area (Å²) in [6.07, 6.45) is 7.42. The molecule has 3 heteroatoms. The minimum atomic E-state index is 0.00786. The van der Waals surface area contributed by atoms with Gasteiger partial charge in [0, 0.05) is 24.4 Å². The molecule has 2 atom stereocenters. The van der Waals surface area contributed by atoms with Gasteiger partial charge in [-0.2, -0.15) is 0 Å². The quantitative estimate of drug-likeness (QED) is 0.731. The van der Waals surface area contributed by atoms with Crippen molar-refractivity contribution in [3.05, 3.63) is 65.2 Å². The minimum absolute atomic E-state index is 0.00786. The van der Waals surface area contributed by atoms with Crippen LogP contribution in [-0.2, 0) is 6.42 Å². The van der Waals surface area contributed by atoms with E-state index in [9.17, 15) is 4.79 Å². The van der Waals surface area contributed by atoms with Crippen LogP contribution in [0.25, 0.3) is 0 Å². The molecule has 0 N–H and O–H groups in total. The van der Waals surface area contributed by atoms with Crippen LogP contribution in [-0.4, -0.2) is 30.3 Å². The number of ketones is 1. The maximum atomic E-state index is 12.3. The molecule has 142 valence electrons. The highest BCUT2D eigenvalue weighted by Gasteiger charge is 2.26. The van der Waals surface area contributed by atoms with Crippen molar-refractivity contribution >= 4 is 5.78 Å². The Morgan fingerprint density at radius 1 is 1.07 bits per heavy atom. The first-order valence-electron chi connectivity index (χ1n) is 10.3. The lowest BCUT2D eigenvalue weighted by Gasteiger charge is -2.35. The van der Waals surface area contributed by atoms with Gasteiger partial charge >= 0.3 is 0 Å². The van der Waals surface area contributed by atoms with Gasteiger partial charge in [0.25, 0.3) is 0 Å². The molecule has 1 heterocycles. The predicted molar refractivity (Wildman–Crippen MR) is 108 cm³/mol. The fourth-order valence-electron chi connectivity index (χ4n) is 4.45. The summed E-state index contributed by atoms with van der Waals surface area (Å²) in [6.45, 7) is 1.17. The fourth-order valence-corrected chi connectivity index (χ4v) is 4.45. The third-order valence-electron chi connectivity index (χ3n) is 6.09. The van der Waals surface area contributed by atoms with Gasteiger partial charge in [-0.05, 0) is 62.5 Å². The van der Waals surface area contributed by atoms with Crippen molar-refractivity contribution in [3.8, 4) is 5.75 Å². The smallest absolute Gasteiger partial charge is 0.163 e. The van der Waals surface area contributed by atoms with Gasteiger partial charge in [-0.1, -0.05) is 42.8 Å². The Morgan fingerprint density at radius 2 is 1.93 bits per heavy atom. The number of fused-ring (bicyclic) bond motifs is 1. The Hall–Kier alpha value is -2.13. The number of hydrogen-bond acceptors (Lipinski definition) is 3. The summed E-state index contributed by atoms with van der Waals surface area (Å²) in [7, 11) is 2.23. The molecule has 0 amide bonds. The molecular formula is C24H29NO2. The number of carbonyl (C=O) groups excluding carboxylic acids is 1. The lowest BCUT2D eigenvalue weighted by Crippen LogP contribution is -2.37. The SMILES string of the molecule is CN1CCCCC1CC(Oc1ccc2c(c1)C(=O)CCC2)c1ccccc1. The Labute approximate surface area is 162 Å². The van der Waals surface area contributed by atoms with Crippen molar-refractivity contribution in [3.63, 3.8) is 0 Å². The van der Waals surface area contributed by atoms with Gasteiger partial charge in [0.2, 0.25) is 0 Å². The second-order valence-corrected chi connectivity index (χ2v) is 7.98. The monoisotopic (exact) mass is 363 g/mol. The summed E-state index contributed by atoms with van der Waals surface area (Å²) < 4.78 is 6.49. The van der Waals surface area contributed by atoms with E-state index in [4.69, 9.17) is 4.74 Å². The molecule has 2 unspecified atom stereocenters. The summed E-state index contributed by atoms with van der Waals surface area (Å²) in [5, 5.41) is 0. The van der Waals surface area contributed by atoms with Crippen molar-refractivity contribution in [2.75, 3.05) is 13.6 Å². The molecule has 0 bridgehead atoms. The molecule has 3 nitrogen and oxygen atoms in total. The largest absolute Gasteiger partial charge is 0.486 e. The van der Waals surface area contributed by atoms with Crippen molar-refractivity contribution in [1.82, 2.24) is 4.90 Å². The van der Waals surface area contributed by atoms with Crippen LogP contribution in [0.5, 0.6) is 5.75 Å². The molecule has 0 saturated carbocycles. The molecular weight excluding hydrogens is 334 g/mol. The molecule has 0 spiro atoms. The number of ether oxygens (including phenoxy) is 1. The highest BCUT2D eigenvalue weighted by Crippen LogP contribution is 2.32. The third-order valence-corrected chi connectivity index (χ3v) is 6.09.